The van der Waals surface area contributed by atoms with Crippen LogP contribution in [0.25, 0.3) is 5.57 Å². The third kappa shape index (κ3) is 7.23. The van der Waals surface area contributed by atoms with E-state index in [0.717, 1.165) is 34.2 Å². The molecule has 192 valence electrons. The summed E-state index contributed by atoms with van der Waals surface area (Å²) in [4.78, 5) is 22.2. The van der Waals surface area contributed by atoms with Crippen LogP contribution in [0.4, 0.5) is 0 Å². The van der Waals surface area contributed by atoms with Gasteiger partial charge in [-0.15, -0.1) is 0 Å². The van der Waals surface area contributed by atoms with Crippen molar-refractivity contribution in [3.63, 3.8) is 0 Å². The number of nitrogens with zero attached hydrogens (tertiary/aromatic N) is 1. The SMILES string of the molecule is CC/C=C(/C(=N)Cc1c(C)cccc1OC(C)=O)c1cc(OCCN=O)ccc1C(C)c1ccccc1. The van der Waals surface area contributed by atoms with Crippen molar-refractivity contribution in [2.45, 2.75) is 46.5 Å². The molecular formula is C31H34N2O4. The lowest BCUT2D eigenvalue weighted by Crippen LogP contribution is -2.12. The Morgan fingerprint density at radius 3 is 2.51 bits per heavy atom. The molecule has 37 heavy (non-hydrogen) atoms. The third-order valence-electron chi connectivity index (χ3n) is 6.24. The summed E-state index contributed by atoms with van der Waals surface area (Å²) in [6.07, 6.45) is 3.10. The van der Waals surface area contributed by atoms with E-state index in [4.69, 9.17) is 9.47 Å². The van der Waals surface area contributed by atoms with Crippen LogP contribution in [0.1, 0.15) is 60.9 Å². The molecule has 1 unspecified atom stereocenters. The van der Waals surface area contributed by atoms with Crippen molar-refractivity contribution in [1.82, 2.24) is 0 Å². The van der Waals surface area contributed by atoms with Crippen LogP contribution in [0.2, 0.25) is 0 Å². The fourth-order valence-corrected chi connectivity index (χ4v) is 4.38. The first-order chi connectivity index (χ1) is 17.8. The maximum absolute atomic E-state index is 11.7. The number of carbonyl (C=O) groups excluding carboxylic acids is 1. The van der Waals surface area contributed by atoms with Crippen molar-refractivity contribution < 1.29 is 14.3 Å². The van der Waals surface area contributed by atoms with Crippen LogP contribution >= 0.6 is 0 Å². The average molecular weight is 499 g/mol. The van der Waals surface area contributed by atoms with Gasteiger partial charge in [-0.05, 0) is 59.4 Å². The van der Waals surface area contributed by atoms with Crippen LogP contribution < -0.4 is 9.47 Å². The summed E-state index contributed by atoms with van der Waals surface area (Å²) in [5.41, 5.74) is 6.13. The number of esters is 1. The molecule has 0 spiro atoms. The number of hydrogen-bond acceptors (Lipinski definition) is 6. The molecule has 0 aromatic heterocycles. The highest BCUT2D eigenvalue weighted by molar-refractivity contribution is 6.23. The Morgan fingerprint density at radius 2 is 1.84 bits per heavy atom. The molecule has 6 nitrogen and oxygen atoms in total. The summed E-state index contributed by atoms with van der Waals surface area (Å²) in [6.45, 7) is 7.78. The second-order valence-corrected chi connectivity index (χ2v) is 8.91. The molecule has 0 amide bonds. The topological polar surface area (TPSA) is 88.8 Å². The summed E-state index contributed by atoms with van der Waals surface area (Å²) >= 11 is 0. The number of benzene rings is 3. The van der Waals surface area contributed by atoms with E-state index in [1.807, 2.05) is 62.4 Å². The lowest BCUT2D eigenvalue weighted by Gasteiger charge is -2.22. The molecule has 6 heteroatoms. The zero-order chi connectivity index (χ0) is 26.8. The van der Waals surface area contributed by atoms with E-state index in [2.05, 4.69) is 30.3 Å². The second-order valence-electron chi connectivity index (χ2n) is 8.91. The molecule has 3 aromatic carbocycles. The highest BCUT2D eigenvalue weighted by Crippen LogP contribution is 2.35. The minimum atomic E-state index is -0.392. The maximum atomic E-state index is 11.7. The van der Waals surface area contributed by atoms with Crippen molar-refractivity contribution in [1.29, 1.82) is 5.41 Å². The van der Waals surface area contributed by atoms with Crippen LogP contribution in [0.5, 0.6) is 11.5 Å². The Labute approximate surface area is 218 Å². The number of aryl methyl sites for hydroxylation is 1. The van der Waals surface area contributed by atoms with Gasteiger partial charge in [0.2, 0.25) is 0 Å². The quantitative estimate of drug-likeness (QED) is 0.0935. The van der Waals surface area contributed by atoms with E-state index >= 15 is 0 Å². The largest absolute Gasteiger partial charge is 0.492 e. The van der Waals surface area contributed by atoms with Crippen molar-refractivity contribution in [2.24, 2.45) is 5.18 Å². The first kappa shape index (κ1) is 27.5. The minimum Gasteiger partial charge on any atom is -0.492 e. The monoisotopic (exact) mass is 498 g/mol. The Morgan fingerprint density at radius 1 is 1.08 bits per heavy atom. The Balaban J connectivity index is 2.07. The molecular weight excluding hydrogens is 464 g/mol. The van der Waals surface area contributed by atoms with Crippen LogP contribution in [0.3, 0.4) is 0 Å². The van der Waals surface area contributed by atoms with Gasteiger partial charge in [-0.3, -0.25) is 4.79 Å². The van der Waals surface area contributed by atoms with Crippen LogP contribution in [-0.2, 0) is 11.2 Å². The molecule has 0 fully saturated rings. The van der Waals surface area contributed by atoms with Gasteiger partial charge in [0.05, 0.1) is 0 Å². The average Bonchev–Trinajstić information content (AvgIpc) is 2.89. The van der Waals surface area contributed by atoms with Gasteiger partial charge in [0.1, 0.15) is 24.7 Å². The molecule has 0 saturated heterocycles. The third-order valence-corrected chi connectivity index (χ3v) is 6.24. The molecule has 0 aliphatic heterocycles. The van der Waals surface area contributed by atoms with Gasteiger partial charge in [-0.2, -0.15) is 4.91 Å². The first-order valence-corrected chi connectivity index (χ1v) is 12.5. The predicted molar refractivity (Wildman–Crippen MR) is 149 cm³/mol. The number of allylic oxidation sites excluding steroid dienone is 2. The lowest BCUT2D eigenvalue weighted by molar-refractivity contribution is -0.131. The maximum Gasteiger partial charge on any atom is 0.308 e. The standard InChI is InChI=1S/C31H34N2O4/c1-5-10-27(30(32)20-28-21(2)11-9-14-31(28)37-23(4)34)29-19-25(36-18-17-33-35)15-16-26(29)22(3)24-12-7-6-8-13-24/h6-16,19,22,32H,5,17-18,20H2,1-4H3/b27-10+,32-30?. The summed E-state index contributed by atoms with van der Waals surface area (Å²) in [6, 6.07) is 21.7. The highest BCUT2D eigenvalue weighted by atomic mass is 16.5. The zero-order valence-electron chi connectivity index (χ0n) is 21.9. The fourth-order valence-electron chi connectivity index (χ4n) is 4.38. The van der Waals surface area contributed by atoms with Gasteiger partial charge >= 0.3 is 5.97 Å². The number of ether oxygens (including phenoxy) is 2. The van der Waals surface area contributed by atoms with Crippen molar-refractivity contribution in [2.75, 3.05) is 13.2 Å². The number of nitroso groups, excluding NO2 is 1. The number of hydrogen-bond donors (Lipinski definition) is 1. The molecule has 0 saturated carbocycles. The van der Waals surface area contributed by atoms with E-state index in [-0.39, 0.29) is 19.1 Å². The molecule has 3 rings (SSSR count). The van der Waals surface area contributed by atoms with Crippen molar-refractivity contribution in [3.8, 4) is 11.5 Å². The summed E-state index contributed by atoms with van der Waals surface area (Å²) in [5, 5.41) is 12.1. The van der Waals surface area contributed by atoms with E-state index in [9.17, 15) is 15.1 Å². The van der Waals surface area contributed by atoms with Gasteiger partial charge in [0, 0.05) is 30.5 Å². The first-order valence-electron chi connectivity index (χ1n) is 12.5. The van der Waals surface area contributed by atoms with Crippen molar-refractivity contribution >= 4 is 17.3 Å². The van der Waals surface area contributed by atoms with Gasteiger partial charge in [0.15, 0.2) is 0 Å². The highest BCUT2D eigenvalue weighted by Gasteiger charge is 2.21. The normalized spacial score (nSPS) is 12.1. The molecule has 0 radical (unpaired) electrons. The van der Waals surface area contributed by atoms with Gasteiger partial charge in [-0.1, -0.05) is 73.6 Å². The fraction of sp³-hybridized carbons (Fsp3) is 0.290. The molecule has 0 aliphatic rings. The van der Waals surface area contributed by atoms with Crippen LogP contribution in [0, 0.1) is 17.2 Å². The number of rotatable bonds is 12. The smallest absolute Gasteiger partial charge is 0.308 e. The van der Waals surface area contributed by atoms with E-state index in [1.54, 1.807) is 6.07 Å². The second kappa shape index (κ2) is 13.3. The van der Waals surface area contributed by atoms with Gasteiger partial charge < -0.3 is 14.9 Å². The van der Waals surface area contributed by atoms with Gasteiger partial charge in [0.25, 0.3) is 0 Å². The number of nitrogens with one attached hydrogen (secondary N) is 1. The van der Waals surface area contributed by atoms with E-state index in [1.165, 1.54) is 12.5 Å². The predicted octanol–water partition coefficient (Wildman–Crippen LogP) is 7.27. The van der Waals surface area contributed by atoms with Crippen LogP contribution in [0.15, 0.2) is 78.0 Å². The summed E-state index contributed by atoms with van der Waals surface area (Å²) in [5.74, 6) is 0.778. The van der Waals surface area contributed by atoms with Crippen molar-refractivity contribution in [3.05, 3.63) is 106 Å². The van der Waals surface area contributed by atoms with E-state index < -0.39 is 5.97 Å². The molecule has 0 heterocycles. The lowest BCUT2D eigenvalue weighted by atomic mass is 9.84. The molecule has 1 N–H and O–H groups in total. The zero-order valence-corrected chi connectivity index (χ0v) is 21.9. The van der Waals surface area contributed by atoms with Crippen LogP contribution in [-0.4, -0.2) is 24.8 Å². The minimum absolute atomic E-state index is 0.0667. The molecule has 1 atom stereocenters. The molecule has 0 bridgehead atoms. The Kier molecular flexibility index (Phi) is 9.90. The summed E-state index contributed by atoms with van der Waals surface area (Å²) < 4.78 is 11.2. The van der Waals surface area contributed by atoms with Gasteiger partial charge in [-0.25, -0.2) is 0 Å². The molecule has 0 aliphatic carbocycles. The number of carbonyl (C=O) groups is 1. The Hall–Kier alpha value is -4.06. The summed E-state index contributed by atoms with van der Waals surface area (Å²) in [7, 11) is 0. The van der Waals surface area contributed by atoms with E-state index in [0.29, 0.717) is 23.6 Å². The molecule has 3 aromatic rings. The Bertz CT molecular complexity index is 1280.